The van der Waals surface area contributed by atoms with Gasteiger partial charge in [0.15, 0.2) is 0 Å². The largest absolute Gasteiger partial charge is 0.388 e. The van der Waals surface area contributed by atoms with Gasteiger partial charge in [-0.15, -0.1) is 0 Å². The Balaban J connectivity index is 2.95. The summed E-state index contributed by atoms with van der Waals surface area (Å²) in [7, 11) is 0. The van der Waals surface area contributed by atoms with E-state index >= 15 is 0 Å². The number of hydrogen-bond donors (Lipinski definition) is 2. The molecule has 1 aromatic rings. The standard InChI is InChI=1S/C15H24N2O2/c1-6-12(18)11-8-13(16-9-10(11)3)17-14(19)15(4,5)7-2/h8-9,12,18H,6-7H2,1-5H3,(H,16,17,19). The van der Waals surface area contributed by atoms with Crippen LogP contribution in [0.5, 0.6) is 0 Å². The molecular weight excluding hydrogens is 240 g/mol. The molecule has 0 aromatic carbocycles. The van der Waals surface area contributed by atoms with Gasteiger partial charge < -0.3 is 10.4 Å². The van der Waals surface area contributed by atoms with E-state index in [1.54, 1.807) is 12.3 Å². The van der Waals surface area contributed by atoms with Crippen molar-refractivity contribution in [2.24, 2.45) is 5.41 Å². The van der Waals surface area contributed by atoms with Crippen molar-refractivity contribution in [1.29, 1.82) is 0 Å². The number of nitrogens with zero attached hydrogens (tertiary/aromatic N) is 1. The van der Waals surface area contributed by atoms with Gasteiger partial charge in [0.1, 0.15) is 5.82 Å². The van der Waals surface area contributed by atoms with Gasteiger partial charge in [-0.1, -0.05) is 27.7 Å². The molecule has 19 heavy (non-hydrogen) atoms. The normalized spacial score (nSPS) is 13.2. The van der Waals surface area contributed by atoms with Crippen molar-refractivity contribution >= 4 is 11.7 Å². The van der Waals surface area contributed by atoms with Crippen LogP contribution in [0.25, 0.3) is 0 Å². The van der Waals surface area contributed by atoms with E-state index in [4.69, 9.17) is 0 Å². The summed E-state index contributed by atoms with van der Waals surface area (Å²) < 4.78 is 0. The van der Waals surface area contributed by atoms with Crippen molar-refractivity contribution in [3.05, 3.63) is 23.4 Å². The Morgan fingerprint density at radius 3 is 2.63 bits per heavy atom. The predicted molar refractivity (Wildman–Crippen MR) is 76.9 cm³/mol. The number of aryl methyl sites for hydroxylation is 1. The summed E-state index contributed by atoms with van der Waals surface area (Å²) in [5.74, 6) is 0.447. The molecule has 0 radical (unpaired) electrons. The van der Waals surface area contributed by atoms with Crippen molar-refractivity contribution in [2.45, 2.75) is 53.6 Å². The monoisotopic (exact) mass is 264 g/mol. The molecule has 1 unspecified atom stereocenters. The highest BCUT2D eigenvalue weighted by Gasteiger charge is 2.25. The number of aliphatic hydroxyl groups is 1. The van der Waals surface area contributed by atoms with E-state index in [1.807, 2.05) is 34.6 Å². The van der Waals surface area contributed by atoms with E-state index in [0.717, 1.165) is 17.5 Å². The number of rotatable bonds is 5. The summed E-state index contributed by atoms with van der Waals surface area (Å²) in [6, 6.07) is 1.76. The summed E-state index contributed by atoms with van der Waals surface area (Å²) >= 11 is 0. The van der Waals surface area contributed by atoms with E-state index in [1.165, 1.54) is 0 Å². The van der Waals surface area contributed by atoms with Crippen LogP contribution in [0.2, 0.25) is 0 Å². The number of amides is 1. The van der Waals surface area contributed by atoms with Crippen LogP contribution in [0.3, 0.4) is 0 Å². The highest BCUT2D eigenvalue weighted by molar-refractivity contribution is 5.94. The maximum Gasteiger partial charge on any atom is 0.231 e. The molecule has 106 valence electrons. The van der Waals surface area contributed by atoms with Gasteiger partial charge in [0.25, 0.3) is 0 Å². The predicted octanol–water partition coefficient (Wildman–Crippen LogP) is 3.21. The Labute approximate surface area is 115 Å². The first-order valence-electron chi connectivity index (χ1n) is 6.77. The number of aromatic nitrogens is 1. The molecule has 2 N–H and O–H groups in total. The quantitative estimate of drug-likeness (QED) is 0.858. The molecule has 1 heterocycles. The Hall–Kier alpha value is -1.42. The fourth-order valence-electron chi connectivity index (χ4n) is 1.63. The number of hydrogen-bond acceptors (Lipinski definition) is 3. The second kappa shape index (κ2) is 6.15. The lowest BCUT2D eigenvalue weighted by molar-refractivity contribution is -0.124. The SMILES string of the molecule is CCC(O)c1cc(NC(=O)C(C)(C)CC)ncc1C. The van der Waals surface area contributed by atoms with Crippen LogP contribution in [-0.4, -0.2) is 16.0 Å². The fourth-order valence-corrected chi connectivity index (χ4v) is 1.63. The van der Waals surface area contributed by atoms with E-state index in [0.29, 0.717) is 12.2 Å². The number of carbonyl (C=O) groups is 1. The Bertz CT molecular complexity index is 455. The Morgan fingerprint density at radius 2 is 2.11 bits per heavy atom. The molecular formula is C15H24N2O2. The van der Waals surface area contributed by atoms with Gasteiger partial charge in [-0.25, -0.2) is 4.98 Å². The summed E-state index contributed by atoms with van der Waals surface area (Å²) in [6.45, 7) is 9.61. The van der Waals surface area contributed by atoms with E-state index in [2.05, 4.69) is 10.3 Å². The van der Waals surface area contributed by atoms with Crippen LogP contribution in [0.1, 0.15) is 57.8 Å². The van der Waals surface area contributed by atoms with Crippen molar-refractivity contribution in [1.82, 2.24) is 4.98 Å². The molecule has 0 fully saturated rings. The third kappa shape index (κ3) is 3.77. The molecule has 1 atom stereocenters. The fraction of sp³-hybridized carbons (Fsp3) is 0.600. The number of nitrogens with one attached hydrogen (secondary N) is 1. The summed E-state index contributed by atoms with van der Waals surface area (Å²) in [6.07, 6.45) is 2.56. The van der Waals surface area contributed by atoms with Crippen LogP contribution in [0.4, 0.5) is 5.82 Å². The lowest BCUT2D eigenvalue weighted by Gasteiger charge is -2.21. The minimum atomic E-state index is -0.516. The zero-order chi connectivity index (χ0) is 14.6. The molecule has 0 saturated heterocycles. The van der Waals surface area contributed by atoms with E-state index < -0.39 is 11.5 Å². The third-order valence-corrected chi connectivity index (χ3v) is 3.63. The first-order valence-corrected chi connectivity index (χ1v) is 6.77. The minimum absolute atomic E-state index is 0.0525. The van der Waals surface area contributed by atoms with Gasteiger partial charge in [0.2, 0.25) is 5.91 Å². The molecule has 0 bridgehead atoms. The van der Waals surface area contributed by atoms with Crippen molar-refractivity contribution in [2.75, 3.05) is 5.32 Å². The highest BCUT2D eigenvalue weighted by atomic mass is 16.3. The van der Waals surface area contributed by atoms with E-state index in [9.17, 15) is 9.90 Å². The topological polar surface area (TPSA) is 62.2 Å². The number of carbonyl (C=O) groups excluding carboxylic acids is 1. The molecule has 1 rings (SSSR count). The molecule has 0 saturated carbocycles. The number of aliphatic hydroxyl groups excluding tert-OH is 1. The average Bonchev–Trinajstić information content (AvgIpc) is 2.39. The first kappa shape index (κ1) is 15.6. The van der Waals surface area contributed by atoms with Crippen LogP contribution in [0.15, 0.2) is 12.3 Å². The van der Waals surface area contributed by atoms with Crippen molar-refractivity contribution < 1.29 is 9.90 Å². The smallest absolute Gasteiger partial charge is 0.231 e. The van der Waals surface area contributed by atoms with Gasteiger partial charge in [-0.05, 0) is 37.0 Å². The first-order chi connectivity index (χ1) is 8.81. The third-order valence-electron chi connectivity index (χ3n) is 3.63. The van der Waals surface area contributed by atoms with Gasteiger partial charge in [-0.2, -0.15) is 0 Å². The Morgan fingerprint density at radius 1 is 1.47 bits per heavy atom. The molecule has 0 spiro atoms. The van der Waals surface area contributed by atoms with Crippen molar-refractivity contribution in [3.63, 3.8) is 0 Å². The van der Waals surface area contributed by atoms with Crippen LogP contribution in [0, 0.1) is 12.3 Å². The molecule has 1 amide bonds. The molecule has 1 aromatic heterocycles. The summed E-state index contributed by atoms with van der Waals surface area (Å²) in [5.41, 5.74) is 1.33. The molecule has 0 aliphatic rings. The molecule has 4 heteroatoms. The van der Waals surface area contributed by atoms with Crippen molar-refractivity contribution in [3.8, 4) is 0 Å². The lowest BCUT2D eigenvalue weighted by Crippen LogP contribution is -2.30. The van der Waals surface area contributed by atoms with Gasteiger partial charge in [0, 0.05) is 11.6 Å². The average molecular weight is 264 g/mol. The van der Waals surface area contributed by atoms with Gasteiger partial charge in [0.05, 0.1) is 6.10 Å². The zero-order valence-electron chi connectivity index (χ0n) is 12.4. The van der Waals surface area contributed by atoms with Crippen LogP contribution >= 0.6 is 0 Å². The van der Waals surface area contributed by atoms with Gasteiger partial charge >= 0.3 is 0 Å². The molecule has 0 aliphatic carbocycles. The molecule has 0 aliphatic heterocycles. The second-order valence-corrected chi connectivity index (χ2v) is 5.54. The van der Waals surface area contributed by atoms with E-state index in [-0.39, 0.29) is 5.91 Å². The lowest BCUT2D eigenvalue weighted by atomic mass is 9.89. The minimum Gasteiger partial charge on any atom is -0.388 e. The van der Waals surface area contributed by atoms with Gasteiger partial charge in [-0.3, -0.25) is 4.79 Å². The maximum atomic E-state index is 12.1. The number of pyridine rings is 1. The second-order valence-electron chi connectivity index (χ2n) is 5.54. The highest BCUT2D eigenvalue weighted by Crippen LogP contribution is 2.25. The van der Waals surface area contributed by atoms with Crippen LogP contribution < -0.4 is 5.32 Å². The summed E-state index contributed by atoms with van der Waals surface area (Å²) in [5, 5.41) is 12.8. The number of anilines is 1. The maximum absolute atomic E-state index is 12.1. The molecule has 4 nitrogen and oxygen atoms in total. The Kier molecular flexibility index (Phi) is 5.06. The summed E-state index contributed by atoms with van der Waals surface area (Å²) in [4.78, 5) is 16.3. The van der Waals surface area contributed by atoms with Crippen LogP contribution in [-0.2, 0) is 4.79 Å². The zero-order valence-corrected chi connectivity index (χ0v) is 12.4.